The first-order valence-electron chi connectivity index (χ1n) is 6.77. The Hall–Kier alpha value is -0.370. The van der Waals surface area contributed by atoms with Crippen LogP contribution in [0.2, 0.25) is 0 Å². The molecule has 0 N–H and O–H groups in total. The van der Waals surface area contributed by atoms with Gasteiger partial charge in [0.2, 0.25) is 0 Å². The highest BCUT2D eigenvalue weighted by molar-refractivity contribution is 5.87. The molecule has 1 aliphatic rings. The third kappa shape index (κ3) is 3.07. The lowest BCUT2D eigenvalue weighted by atomic mass is 9.80. The number of hydrogen-bond acceptors (Lipinski definition) is 2. The Balaban J connectivity index is 2.54. The van der Waals surface area contributed by atoms with Gasteiger partial charge in [-0.1, -0.05) is 46.0 Å². The molecule has 94 valence electrons. The van der Waals surface area contributed by atoms with Crippen molar-refractivity contribution < 1.29 is 9.53 Å². The van der Waals surface area contributed by atoms with Gasteiger partial charge in [0.25, 0.3) is 0 Å². The number of Topliss-reactive ketones (excluding diaryl/α,β-unsaturated/α-hetero) is 1. The maximum Gasteiger partial charge on any atom is 0.164 e. The molecule has 2 heteroatoms. The lowest BCUT2D eigenvalue weighted by molar-refractivity contribution is -0.143. The molecule has 2 nitrogen and oxygen atoms in total. The molecule has 0 saturated heterocycles. The minimum Gasteiger partial charge on any atom is -0.370 e. The van der Waals surface area contributed by atoms with Gasteiger partial charge in [-0.3, -0.25) is 4.79 Å². The number of rotatable bonds is 6. The molecule has 0 aliphatic heterocycles. The summed E-state index contributed by atoms with van der Waals surface area (Å²) in [6.07, 6.45) is 8.75. The van der Waals surface area contributed by atoms with Crippen LogP contribution < -0.4 is 0 Å². The third-order valence-electron chi connectivity index (χ3n) is 4.24. The van der Waals surface area contributed by atoms with Crippen LogP contribution in [0.25, 0.3) is 0 Å². The molecule has 0 radical (unpaired) electrons. The van der Waals surface area contributed by atoms with Gasteiger partial charge in [0.05, 0.1) is 0 Å². The van der Waals surface area contributed by atoms with E-state index in [-0.39, 0.29) is 0 Å². The Bertz CT molecular complexity index is 205. The van der Waals surface area contributed by atoms with E-state index < -0.39 is 5.60 Å². The highest BCUT2D eigenvalue weighted by atomic mass is 16.5. The summed E-state index contributed by atoms with van der Waals surface area (Å²) >= 11 is 0. The molecule has 16 heavy (non-hydrogen) atoms. The number of carbonyl (C=O) groups is 1. The van der Waals surface area contributed by atoms with Gasteiger partial charge in [0, 0.05) is 13.5 Å². The van der Waals surface area contributed by atoms with Crippen LogP contribution in [0.4, 0.5) is 0 Å². The number of carbonyl (C=O) groups excluding carboxylic acids is 1. The van der Waals surface area contributed by atoms with E-state index >= 15 is 0 Å². The number of hydrogen-bond donors (Lipinski definition) is 0. The van der Waals surface area contributed by atoms with Crippen molar-refractivity contribution in [3.8, 4) is 0 Å². The zero-order valence-electron chi connectivity index (χ0n) is 11.1. The molecule has 0 aromatic rings. The molecular weight excluding hydrogens is 200 g/mol. The molecule has 1 rings (SSSR count). The summed E-state index contributed by atoms with van der Waals surface area (Å²) in [6.45, 7) is 4.09. The Morgan fingerprint density at radius 1 is 1.19 bits per heavy atom. The van der Waals surface area contributed by atoms with Gasteiger partial charge in [-0.2, -0.15) is 0 Å². The van der Waals surface area contributed by atoms with Crippen LogP contribution in [-0.4, -0.2) is 18.5 Å². The van der Waals surface area contributed by atoms with Crippen molar-refractivity contribution >= 4 is 5.78 Å². The van der Waals surface area contributed by atoms with E-state index in [1.54, 1.807) is 7.11 Å². The van der Waals surface area contributed by atoms with E-state index in [9.17, 15) is 4.79 Å². The average molecular weight is 226 g/mol. The van der Waals surface area contributed by atoms with Crippen LogP contribution in [0, 0.1) is 5.92 Å². The number of ether oxygens (including phenoxy) is 1. The summed E-state index contributed by atoms with van der Waals surface area (Å²) in [5.41, 5.74) is -0.503. The summed E-state index contributed by atoms with van der Waals surface area (Å²) < 4.78 is 5.49. The zero-order chi connectivity index (χ0) is 12.0. The van der Waals surface area contributed by atoms with Crippen molar-refractivity contribution in [1.82, 2.24) is 0 Å². The molecule has 0 amide bonds. The highest BCUT2D eigenvalue weighted by Crippen LogP contribution is 2.31. The van der Waals surface area contributed by atoms with E-state index in [2.05, 4.69) is 0 Å². The predicted octanol–water partition coefficient (Wildman–Crippen LogP) is 3.73. The van der Waals surface area contributed by atoms with Crippen molar-refractivity contribution in [2.24, 2.45) is 5.92 Å². The fourth-order valence-corrected chi connectivity index (χ4v) is 2.89. The summed E-state index contributed by atoms with van der Waals surface area (Å²) in [5, 5.41) is 0. The Kier molecular flexibility index (Phi) is 5.47. The molecule has 1 saturated carbocycles. The van der Waals surface area contributed by atoms with Gasteiger partial charge in [0.1, 0.15) is 5.60 Å². The van der Waals surface area contributed by atoms with Crippen LogP contribution in [0.5, 0.6) is 0 Å². The summed E-state index contributed by atoms with van der Waals surface area (Å²) in [7, 11) is 1.67. The molecule has 0 heterocycles. The van der Waals surface area contributed by atoms with E-state index in [1.807, 2.05) is 13.8 Å². The highest BCUT2D eigenvalue weighted by Gasteiger charge is 2.35. The fraction of sp³-hybridized carbons (Fsp3) is 0.929. The second-order valence-electron chi connectivity index (χ2n) is 5.04. The van der Waals surface area contributed by atoms with Gasteiger partial charge >= 0.3 is 0 Å². The first-order valence-corrected chi connectivity index (χ1v) is 6.77. The largest absolute Gasteiger partial charge is 0.370 e. The monoisotopic (exact) mass is 226 g/mol. The van der Waals surface area contributed by atoms with E-state index in [4.69, 9.17) is 4.74 Å². The quantitative estimate of drug-likeness (QED) is 0.689. The first kappa shape index (κ1) is 13.7. The number of methoxy groups -OCH3 is 1. The third-order valence-corrected chi connectivity index (χ3v) is 4.24. The second-order valence-corrected chi connectivity index (χ2v) is 5.04. The van der Waals surface area contributed by atoms with Crippen LogP contribution >= 0.6 is 0 Å². The second kappa shape index (κ2) is 6.39. The minimum absolute atomic E-state index is 0.326. The molecule has 1 fully saturated rings. The molecule has 1 aliphatic carbocycles. The maximum atomic E-state index is 12.3. The molecular formula is C14H26O2. The summed E-state index contributed by atoms with van der Waals surface area (Å²) in [5.74, 6) is 0.945. The smallest absolute Gasteiger partial charge is 0.164 e. The van der Waals surface area contributed by atoms with Crippen LogP contribution in [0.3, 0.4) is 0 Å². The van der Waals surface area contributed by atoms with Crippen LogP contribution in [-0.2, 0) is 9.53 Å². The van der Waals surface area contributed by atoms with E-state index in [0.29, 0.717) is 11.7 Å². The molecule has 0 atom stereocenters. The lowest BCUT2D eigenvalue weighted by Gasteiger charge is -2.31. The standard InChI is InChI=1S/C14H26O2/c1-4-14(5-2,16-3)13(15)11-12-9-7-6-8-10-12/h12H,4-11H2,1-3H3. The van der Waals surface area contributed by atoms with Crippen LogP contribution in [0.15, 0.2) is 0 Å². The first-order chi connectivity index (χ1) is 7.68. The van der Waals surface area contributed by atoms with Gasteiger partial charge in [-0.15, -0.1) is 0 Å². The van der Waals surface area contributed by atoms with Gasteiger partial charge in [0.15, 0.2) is 5.78 Å². The molecule has 0 aromatic carbocycles. The van der Waals surface area contributed by atoms with Crippen molar-refractivity contribution in [3.63, 3.8) is 0 Å². The minimum atomic E-state index is -0.503. The zero-order valence-corrected chi connectivity index (χ0v) is 11.1. The molecule has 0 spiro atoms. The summed E-state index contributed by atoms with van der Waals surface area (Å²) in [4.78, 5) is 12.3. The Labute approximate surface area is 99.8 Å². The predicted molar refractivity (Wildman–Crippen MR) is 66.5 cm³/mol. The van der Waals surface area contributed by atoms with E-state index in [1.165, 1.54) is 32.1 Å². The Morgan fingerprint density at radius 2 is 1.75 bits per heavy atom. The SMILES string of the molecule is CCC(CC)(OC)C(=O)CC1CCCCC1. The topological polar surface area (TPSA) is 26.3 Å². The van der Waals surface area contributed by atoms with Crippen molar-refractivity contribution in [1.29, 1.82) is 0 Å². The van der Waals surface area contributed by atoms with Gasteiger partial charge < -0.3 is 4.74 Å². The van der Waals surface area contributed by atoms with E-state index in [0.717, 1.165) is 19.3 Å². The normalized spacial score (nSPS) is 18.7. The van der Waals surface area contributed by atoms with Crippen molar-refractivity contribution in [2.75, 3.05) is 7.11 Å². The average Bonchev–Trinajstić information content (AvgIpc) is 2.33. The van der Waals surface area contributed by atoms with Gasteiger partial charge in [-0.25, -0.2) is 0 Å². The van der Waals surface area contributed by atoms with Crippen molar-refractivity contribution in [2.45, 2.75) is 70.8 Å². The fourth-order valence-electron chi connectivity index (χ4n) is 2.89. The molecule has 0 aromatic heterocycles. The Morgan fingerprint density at radius 3 is 2.19 bits per heavy atom. The summed E-state index contributed by atoms with van der Waals surface area (Å²) in [6, 6.07) is 0. The molecule has 0 unspecified atom stereocenters. The van der Waals surface area contributed by atoms with Gasteiger partial charge in [-0.05, 0) is 18.8 Å². The lowest BCUT2D eigenvalue weighted by Crippen LogP contribution is -2.40. The maximum absolute atomic E-state index is 12.3. The van der Waals surface area contributed by atoms with Crippen LogP contribution in [0.1, 0.15) is 65.2 Å². The molecule has 0 bridgehead atoms. The number of ketones is 1. The van der Waals surface area contributed by atoms with Crippen molar-refractivity contribution in [3.05, 3.63) is 0 Å².